The summed E-state index contributed by atoms with van der Waals surface area (Å²) < 4.78 is 33.9. The molecule has 1 unspecified atom stereocenters. The fourth-order valence-corrected chi connectivity index (χ4v) is 2.89. The maximum absolute atomic E-state index is 12.6. The van der Waals surface area contributed by atoms with Crippen molar-refractivity contribution in [1.29, 1.82) is 0 Å². The zero-order valence-corrected chi connectivity index (χ0v) is 17.3. The normalized spacial score (nSPS) is 12.1. The third-order valence-corrected chi connectivity index (χ3v) is 4.82. The van der Waals surface area contributed by atoms with Crippen molar-refractivity contribution in [3.8, 4) is 11.5 Å². The number of benzene rings is 2. The highest BCUT2D eigenvalue weighted by Gasteiger charge is 2.17. The molecule has 1 atom stereocenters. The number of rotatable bonds is 10. The number of halogens is 2. The number of hydrogen-bond acceptors (Lipinski definition) is 4. The van der Waals surface area contributed by atoms with Gasteiger partial charge in [-0.3, -0.25) is 9.69 Å². The molecule has 29 heavy (non-hydrogen) atoms. The molecule has 7 heteroatoms. The first-order chi connectivity index (χ1) is 13.8. The zero-order chi connectivity index (χ0) is 21.4. The first-order valence-corrected chi connectivity index (χ1v) is 9.39. The summed E-state index contributed by atoms with van der Waals surface area (Å²) in [4.78, 5) is 16.2. The van der Waals surface area contributed by atoms with Crippen LogP contribution in [0.4, 0.5) is 8.78 Å². The molecule has 2 rings (SSSR count). The lowest BCUT2D eigenvalue weighted by Gasteiger charge is -2.27. The highest BCUT2D eigenvalue weighted by molar-refractivity contribution is 5.78. The van der Waals surface area contributed by atoms with Gasteiger partial charge >= 0.3 is 6.61 Å². The molecular formula is C22H28F2N2O3. The zero-order valence-electron chi connectivity index (χ0n) is 17.3. The van der Waals surface area contributed by atoms with Crippen LogP contribution in [-0.4, -0.2) is 56.1 Å². The standard InChI is InChI=1S/C22H28F2N2O3/c1-16(13-17-5-9-19(28-4)10-6-17)25(2)15-21(27)26(3)14-18-7-11-20(12-8-18)29-22(23)24/h5-12,16,22H,13-15H2,1-4H3. The minimum absolute atomic E-state index is 0.0120. The minimum atomic E-state index is -2.85. The van der Waals surface area contributed by atoms with E-state index in [-0.39, 0.29) is 17.7 Å². The Labute approximate surface area is 170 Å². The number of hydrogen-bond donors (Lipinski definition) is 0. The third kappa shape index (κ3) is 7.34. The predicted molar refractivity (Wildman–Crippen MR) is 108 cm³/mol. The van der Waals surface area contributed by atoms with Crippen LogP contribution >= 0.6 is 0 Å². The Hall–Kier alpha value is -2.67. The summed E-state index contributed by atoms with van der Waals surface area (Å²) in [6, 6.07) is 14.4. The summed E-state index contributed by atoms with van der Waals surface area (Å²) in [7, 11) is 5.30. The molecule has 0 aliphatic carbocycles. The van der Waals surface area contributed by atoms with Crippen LogP contribution in [0.25, 0.3) is 0 Å². The van der Waals surface area contributed by atoms with Crippen molar-refractivity contribution in [1.82, 2.24) is 9.80 Å². The fraction of sp³-hybridized carbons (Fsp3) is 0.409. The first-order valence-electron chi connectivity index (χ1n) is 9.39. The van der Waals surface area contributed by atoms with Crippen LogP contribution in [0, 0.1) is 0 Å². The van der Waals surface area contributed by atoms with E-state index in [1.807, 2.05) is 36.2 Å². The van der Waals surface area contributed by atoms with Gasteiger partial charge in [0.25, 0.3) is 0 Å². The molecule has 2 aromatic carbocycles. The van der Waals surface area contributed by atoms with Gasteiger partial charge in [-0.15, -0.1) is 0 Å². The SMILES string of the molecule is COc1ccc(CC(C)N(C)CC(=O)N(C)Cc2ccc(OC(F)F)cc2)cc1. The second-order valence-electron chi connectivity index (χ2n) is 7.09. The molecule has 5 nitrogen and oxygen atoms in total. The van der Waals surface area contributed by atoms with Crippen LogP contribution in [0.5, 0.6) is 11.5 Å². The molecule has 158 valence electrons. The molecule has 0 spiro atoms. The van der Waals surface area contributed by atoms with Gasteiger partial charge in [0.15, 0.2) is 0 Å². The van der Waals surface area contributed by atoms with Gasteiger partial charge in [0.1, 0.15) is 11.5 Å². The van der Waals surface area contributed by atoms with Gasteiger partial charge in [-0.05, 0) is 55.8 Å². The van der Waals surface area contributed by atoms with Crippen molar-refractivity contribution >= 4 is 5.91 Å². The molecule has 0 saturated carbocycles. The summed E-state index contributed by atoms with van der Waals surface area (Å²) in [5.74, 6) is 0.909. The minimum Gasteiger partial charge on any atom is -0.497 e. The largest absolute Gasteiger partial charge is 0.497 e. The average Bonchev–Trinajstić information content (AvgIpc) is 2.69. The van der Waals surface area contributed by atoms with E-state index in [1.54, 1.807) is 31.2 Å². The van der Waals surface area contributed by atoms with E-state index < -0.39 is 6.61 Å². The predicted octanol–water partition coefficient (Wildman–Crippen LogP) is 3.82. The van der Waals surface area contributed by atoms with Crippen molar-refractivity contribution in [2.45, 2.75) is 32.5 Å². The number of amides is 1. The lowest BCUT2D eigenvalue weighted by Crippen LogP contribution is -2.40. The van der Waals surface area contributed by atoms with Gasteiger partial charge < -0.3 is 14.4 Å². The maximum atomic E-state index is 12.6. The van der Waals surface area contributed by atoms with Crippen molar-refractivity contribution in [3.05, 3.63) is 59.7 Å². The molecule has 0 radical (unpaired) electrons. The number of alkyl halides is 2. The summed E-state index contributed by atoms with van der Waals surface area (Å²) >= 11 is 0. The van der Waals surface area contributed by atoms with E-state index in [9.17, 15) is 13.6 Å². The van der Waals surface area contributed by atoms with Crippen LogP contribution < -0.4 is 9.47 Å². The van der Waals surface area contributed by atoms with Crippen molar-refractivity contribution in [2.75, 3.05) is 27.7 Å². The second kappa shape index (κ2) is 10.8. The summed E-state index contributed by atoms with van der Waals surface area (Å²) in [6.07, 6.45) is 0.823. The van der Waals surface area contributed by atoms with Crippen molar-refractivity contribution in [3.63, 3.8) is 0 Å². The summed E-state index contributed by atoms with van der Waals surface area (Å²) in [6.45, 7) is -0.0748. The van der Waals surface area contributed by atoms with Gasteiger partial charge in [-0.2, -0.15) is 8.78 Å². The molecule has 0 heterocycles. The molecule has 2 aromatic rings. The maximum Gasteiger partial charge on any atom is 0.387 e. The topological polar surface area (TPSA) is 42.0 Å². The summed E-state index contributed by atoms with van der Waals surface area (Å²) in [5, 5.41) is 0. The second-order valence-corrected chi connectivity index (χ2v) is 7.09. The third-order valence-electron chi connectivity index (χ3n) is 4.82. The van der Waals surface area contributed by atoms with E-state index >= 15 is 0 Å². The Morgan fingerprint density at radius 2 is 1.52 bits per heavy atom. The van der Waals surface area contributed by atoms with Crippen LogP contribution in [0.3, 0.4) is 0 Å². The van der Waals surface area contributed by atoms with Crippen molar-refractivity contribution in [2.24, 2.45) is 0 Å². The molecule has 1 amide bonds. The first kappa shape index (κ1) is 22.6. The molecule has 0 saturated heterocycles. The Bertz CT molecular complexity index is 767. The highest BCUT2D eigenvalue weighted by Crippen LogP contribution is 2.16. The van der Waals surface area contributed by atoms with Crippen LogP contribution in [0.1, 0.15) is 18.1 Å². The van der Waals surface area contributed by atoms with E-state index in [1.165, 1.54) is 17.7 Å². The molecular weight excluding hydrogens is 378 g/mol. The lowest BCUT2D eigenvalue weighted by molar-refractivity contribution is -0.131. The number of nitrogens with zero attached hydrogens (tertiary/aromatic N) is 2. The fourth-order valence-electron chi connectivity index (χ4n) is 2.89. The Balaban J connectivity index is 1.83. The van der Waals surface area contributed by atoms with Crippen molar-refractivity contribution < 1.29 is 23.0 Å². The quantitative estimate of drug-likeness (QED) is 0.602. The monoisotopic (exact) mass is 406 g/mol. The van der Waals surface area contributed by atoms with Crippen LogP contribution in [0.2, 0.25) is 0 Å². The number of ether oxygens (including phenoxy) is 2. The van der Waals surface area contributed by atoms with Gasteiger partial charge in [-0.1, -0.05) is 24.3 Å². The molecule has 0 aliphatic heterocycles. The molecule has 0 aromatic heterocycles. The van der Waals surface area contributed by atoms with E-state index in [0.717, 1.165) is 17.7 Å². The van der Waals surface area contributed by atoms with E-state index in [4.69, 9.17) is 4.74 Å². The molecule has 0 aliphatic rings. The number of likely N-dealkylation sites (N-methyl/N-ethyl adjacent to an activating group) is 2. The number of methoxy groups -OCH3 is 1. The van der Waals surface area contributed by atoms with E-state index in [0.29, 0.717) is 13.1 Å². The molecule has 0 N–H and O–H groups in total. The van der Waals surface area contributed by atoms with E-state index in [2.05, 4.69) is 11.7 Å². The Morgan fingerprint density at radius 3 is 2.07 bits per heavy atom. The van der Waals surface area contributed by atoms with Gasteiger partial charge in [0.05, 0.1) is 13.7 Å². The number of carbonyl (C=O) groups excluding carboxylic acids is 1. The molecule has 0 fully saturated rings. The smallest absolute Gasteiger partial charge is 0.387 e. The molecule has 0 bridgehead atoms. The van der Waals surface area contributed by atoms with Gasteiger partial charge in [0, 0.05) is 19.6 Å². The van der Waals surface area contributed by atoms with Crippen LogP contribution in [-0.2, 0) is 17.8 Å². The highest BCUT2D eigenvalue weighted by atomic mass is 19.3. The van der Waals surface area contributed by atoms with Gasteiger partial charge in [-0.25, -0.2) is 0 Å². The summed E-state index contributed by atoms with van der Waals surface area (Å²) in [5.41, 5.74) is 2.02. The van der Waals surface area contributed by atoms with Crippen LogP contribution in [0.15, 0.2) is 48.5 Å². The Kier molecular flexibility index (Phi) is 8.39. The lowest BCUT2D eigenvalue weighted by atomic mass is 10.1. The van der Waals surface area contributed by atoms with Gasteiger partial charge in [0.2, 0.25) is 5.91 Å². The number of carbonyl (C=O) groups is 1. The average molecular weight is 406 g/mol. The Morgan fingerprint density at radius 1 is 0.966 bits per heavy atom.